The molecule has 0 aromatic rings. The van der Waals surface area contributed by atoms with Gasteiger partial charge in [-0.15, -0.1) is 0 Å². The number of aliphatic hydroxyl groups excluding tert-OH is 1. The average molecular weight is 872 g/mol. The summed E-state index contributed by atoms with van der Waals surface area (Å²) in [7, 11) is 0. The molecule has 0 radical (unpaired) electrons. The fourth-order valence-corrected chi connectivity index (χ4v) is 8.10. The molecule has 0 aromatic heterocycles. The first-order valence-corrected chi connectivity index (χ1v) is 21.0. The van der Waals surface area contributed by atoms with Crippen LogP contribution in [0, 0.1) is 11.8 Å². The Balaban J connectivity index is 1.71. The average Bonchev–Trinajstić information content (AvgIpc) is 3.75. The maximum atomic E-state index is 13.1. The summed E-state index contributed by atoms with van der Waals surface area (Å²) in [6.07, 6.45) is 3.12. The van der Waals surface area contributed by atoms with Crippen molar-refractivity contribution >= 4 is 71.0 Å². The molecule has 2 heterocycles. The molecule has 0 saturated carbocycles. The Kier molecular flexibility index (Phi) is 22.7. The highest BCUT2D eigenvalue weighted by Crippen LogP contribution is 2.33. The van der Waals surface area contributed by atoms with Crippen LogP contribution in [0.5, 0.6) is 0 Å². The lowest BCUT2D eigenvalue weighted by Crippen LogP contribution is -2.56. The number of hydroxylamine groups is 1. The number of unbranched alkanes of at least 4 members (excludes halogenated alkanes) is 2. The highest BCUT2D eigenvalue weighted by atomic mass is 32.2. The second-order valence-electron chi connectivity index (χ2n) is 15.1. The molecule has 15 N–H and O–H groups in total. The zero-order valence-electron chi connectivity index (χ0n) is 34.0. The second-order valence-corrected chi connectivity index (χ2v) is 16.4. The summed E-state index contributed by atoms with van der Waals surface area (Å²) in [6.45, 7) is 1.73. The van der Waals surface area contributed by atoms with Gasteiger partial charge in [0.05, 0.1) is 31.8 Å². The summed E-state index contributed by atoms with van der Waals surface area (Å²) in [6, 6.07) is -3.94. The first-order valence-electron chi connectivity index (χ1n) is 19.9. The Labute approximate surface area is 351 Å². The van der Waals surface area contributed by atoms with Crippen LogP contribution in [0.15, 0.2) is 0 Å². The Morgan fingerprint density at radius 2 is 1.45 bits per heavy atom. The Morgan fingerprint density at radius 3 is 2.10 bits per heavy atom. The number of carbonyl (C=O) groups is 10. The first-order chi connectivity index (χ1) is 28.4. The lowest BCUT2D eigenvalue weighted by Gasteiger charge is -2.24. The number of urea groups is 1. The lowest BCUT2D eigenvalue weighted by atomic mass is 9.92. The van der Waals surface area contributed by atoms with Gasteiger partial charge in [0, 0.05) is 42.7 Å². The quantitative estimate of drug-likeness (QED) is 0.0148. The molecule has 2 aliphatic heterocycles. The van der Waals surface area contributed by atoms with Crippen molar-refractivity contribution in [3.63, 3.8) is 0 Å². The largest absolute Gasteiger partial charge is 0.394 e. The third-order valence-corrected chi connectivity index (χ3v) is 11.2. The normalized spacial score (nSPS) is 18.6. The lowest BCUT2D eigenvalue weighted by molar-refractivity contribution is -0.137. The minimum Gasteiger partial charge on any atom is -0.394 e. The number of aliphatic hydroxyl groups is 1. The van der Waals surface area contributed by atoms with E-state index in [1.807, 2.05) is 11.8 Å². The van der Waals surface area contributed by atoms with E-state index in [9.17, 15) is 53.1 Å². The van der Waals surface area contributed by atoms with Gasteiger partial charge in [-0.1, -0.05) is 20.3 Å². The third-order valence-electron chi connectivity index (χ3n) is 9.68. The summed E-state index contributed by atoms with van der Waals surface area (Å²) in [5, 5.41) is 39.2. The number of rotatable bonds is 29. The van der Waals surface area contributed by atoms with Crippen molar-refractivity contribution in [2.24, 2.45) is 23.3 Å². The molecule has 338 valence electrons. The molecular weight excluding hydrogens is 811 g/mol. The van der Waals surface area contributed by atoms with Crippen molar-refractivity contribution in [2.75, 3.05) is 32.0 Å². The summed E-state index contributed by atoms with van der Waals surface area (Å²) >= 11 is 1.82. The van der Waals surface area contributed by atoms with Crippen LogP contribution in [-0.2, 0) is 43.2 Å². The molecule has 24 heteroatoms. The molecule has 2 fully saturated rings. The Morgan fingerprint density at radius 1 is 0.750 bits per heavy atom. The van der Waals surface area contributed by atoms with Crippen molar-refractivity contribution in [2.45, 2.75) is 120 Å². The van der Waals surface area contributed by atoms with Crippen LogP contribution in [0.3, 0.4) is 0 Å². The van der Waals surface area contributed by atoms with E-state index < -0.39 is 97.4 Å². The van der Waals surface area contributed by atoms with Gasteiger partial charge < -0.3 is 59.1 Å². The van der Waals surface area contributed by atoms with Gasteiger partial charge >= 0.3 is 6.03 Å². The summed E-state index contributed by atoms with van der Waals surface area (Å²) in [4.78, 5) is 123. The van der Waals surface area contributed by atoms with E-state index in [4.69, 9.17) is 16.7 Å². The maximum Gasteiger partial charge on any atom is 0.315 e. The van der Waals surface area contributed by atoms with Crippen LogP contribution in [0.4, 0.5) is 4.79 Å². The predicted octanol–water partition coefficient (Wildman–Crippen LogP) is -4.01. The van der Waals surface area contributed by atoms with Crippen LogP contribution in [0.25, 0.3) is 0 Å². The standard InChI is InChI=1S/C36H61N11O12S/c1-19(2)13-20(14-28(51)47-59)33(55)43-22(10-11-26(37)49)35(57)44-23(17-48)34(56)41-15-29(52)40-16-30(53)42-21(32(38)54)7-5-6-12-39-27(50)9-4-3-8-25-31-24(18-60-25)45-36(58)46-31/h19-25,31,48,59H,3-18H2,1-2H3,(H2,37,49)(H2,38,54)(H,39,50)(H,40,52)(H,41,56)(H,42,53)(H,43,55)(H,44,57)(H,47,51)(H2,45,46,58)/t20?,21-,22-,23-,24-,25-,31-/m0/s1. The monoisotopic (exact) mass is 871 g/mol. The molecule has 0 bridgehead atoms. The van der Waals surface area contributed by atoms with Gasteiger partial charge in [-0.25, -0.2) is 10.3 Å². The van der Waals surface area contributed by atoms with E-state index in [0.717, 1.165) is 18.6 Å². The number of nitrogens with one attached hydrogen (secondary N) is 9. The molecule has 2 aliphatic rings. The zero-order valence-corrected chi connectivity index (χ0v) is 34.8. The predicted molar refractivity (Wildman–Crippen MR) is 215 cm³/mol. The van der Waals surface area contributed by atoms with E-state index >= 15 is 0 Å². The number of primary amides is 2. The minimum atomic E-state index is -1.62. The number of hydrogen-bond donors (Lipinski definition) is 13. The van der Waals surface area contributed by atoms with E-state index in [2.05, 4.69) is 42.5 Å². The van der Waals surface area contributed by atoms with E-state index in [1.165, 1.54) is 5.48 Å². The number of nitrogens with two attached hydrogens (primary N) is 2. The van der Waals surface area contributed by atoms with E-state index in [0.29, 0.717) is 37.5 Å². The van der Waals surface area contributed by atoms with E-state index in [1.54, 1.807) is 13.8 Å². The van der Waals surface area contributed by atoms with Crippen molar-refractivity contribution in [3.8, 4) is 0 Å². The molecule has 0 aromatic carbocycles. The summed E-state index contributed by atoms with van der Waals surface area (Å²) in [5.41, 5.74) is 12.1. The number of hydrogen-bond acceptors (Lipinski definition) is 13. The van der Waals surface area contributed by atoms with Crippen LogP contribution in [-0.4, -0.2) is 137 Å². The van der Waals surface area contributed by atoms with Crippen LogP contribution < -0.4 is 59.5 Å². The molecule has 2 rings (SSSR count). The SMILES string of the molecule is CC(C)CC(CC(=O)NO)C(=O)N[C@@H](CCC(N)=O)C(=O)N[C@@H](CO)C(=O)NCC(=O)NCC(=O)N[C@@H](CCCCNC(=O)CCCC[C@@H]1SC[C@@H]2NC(=O)N[C@@H]21)C(N)=O. The maximum absolute atomic E-state index is 13.1. The van der Waals surface area contributed by atoms with Gasteiger partial charge in [0.25, 0.3) is 0 Å². The zero-order chi connectivity index (χ0) is 44.8. The molecule has 11 amide bonds. The Bertz CT molecular complexity index is 1540. The highest BCUT2D eigenvalue weighted by molar-refractivity contribution is 8.00. The molecular formula is C36H61N11O12S. The third kappa shape index (κ3) is 19.2. The molecule has 0 spiro atoms. The molecule has 2 saturated heterocycles. The van der Waals surface area contributed by atoms with E-state index in [-0.39, 0.29) is 55.6 Å². The van der Waals surface area contributed by atoms with Crippen LogP contribution in [0.1, 0.15) is 84.5 Å². The van der Waals surface area contributed by atoms with Gasteiger partial charge in [-0.05, 0) is 50.9 Å². The van der Waals surface area contributed by atoms with Gasteiger partial charge in [-0.2, -0.15) is 11.8 Å². The highest BCUT2D eigenvalue weighted by Gasteiger charge is 2.42. The van der Waals surface area contributed by atoms with Gasteiger partial charge in [-0.3, -0.25) is 48.4 Å². The summed E-state index contributed by atoms with van der Waals surface area (Å²) in [5.74, 6) is -7.02. The van der Waals surface area contributed by atoms with Crippen LogP contribution >= 0.6 is 11.8 Å². The summed E-state index contributed by atoms with van der Waals surface area (Å²) < 4.78 is 0. The molecule has 1 unspecified atom stereocenters. The first kappa shape index (κ1) is 50.9. The molecule has 23 nitrogen and oxygen atoms in total. The van der Waals surface area contributed by atoms with Gasteiger partial charge in [0.15, 0.2) is 0 Å². The van der Waals surface area contributed by atoms with Crippen LogP contribution in [0.2, 0.25) is 0 Å². The number of thioether (sulfide) groups is 1. The smallest absolute Gasteiger partial charge is 0.315 e. The second kappa shape index (κ2) is 26.8. The fourth-order valence-electron chi connectivity index (χ4n) is 6.56. The van der Waals surface area contributed by atoms with Crippen molar-refractivity contribution in [1.82, 2.24) is 48.0 Å². The fraction of sp³-hybridized carbons (Fsp3) is 0.722. The van der Waals surface area contributed by atoms with Crippen molar-refractivity contribution < 1.29 is 58.3 Å². The minimum absolute atomic E-state index is 0.0602. The number of amides is 11. The topological polar surface area (TPSA) is 371 Å². The number of fused-ring (bicyclic) bond motifs is 1. The number of carbonyl (C=O) groups excluding carboxylic acids is 10. The van der Waals surface area contributed by atoms with Gasteiger partial charge in [0.2, 0.25) is 53.2 Å². The van der Waals surface area contributed by atoms with Crippen molar-refractivity contribution in [3.05, 3.63) is 0 Å². The molecule has 0 aliphatic carbocycles. The van der Waals surface area contributed by atoms with Crippen molar-refractivity contribution in [1.29, 1.82) is 0 Å². The molecule has 60 heavy (non-hydrogen) atoms. The Hall–Kier alpha value is -5.23. The van der Waals surface area contributed by atoms with Gasteiger partial charge in [0.1, 0.15) is 18.1 Å². The molecule has 7 atom stereocenters.